The highest BCUT2D eigenvalue weighted by Gasteiger charge is 2.28. The van der Waals surface area contributed by atoms with Crippen molar-refractivity contribution in [2.24, 2.45) is 0 Å². The Labute approximate surface area is 94.5 Å². The van der Waals surface area contributed by atoms with Crippen molar-refractivity contribution < 1.29 is 9.90 Å². The largest absolute Gasteiger partial charge is 0.480 e. The Kier molecular flexibility index (Phi) is 2.96. The number of hydrogen-bond acceptors (Lipinski definition) is 3. The first kappa shape index (κ1) is 11.1. The van der Waals surface area contributed by atoms with Gasteiger partial charge in [-0.05, 0) is 26.7 Å². The first-order valence-corrected chi connectivity index (χ1v) is 5.55. The van der Waals surface area contributed by atoms with E-state index in [1.165, 1.54) is 0 Å². The van der Waals surface area contributed by atoms with E-state index in [1.807, 2.05) is 24.6 Å². The van der Waals surface area contributed by atoms with Gasteiger partial charge in [0.2, 0.25) is 0 Å². The van der Waals surface area contributed by atoms with Crippen molar-refractivity contribution in [2.45, 2.75) is 45.3 Å². The maximum Gasteiger partial charge on any atom is 0.322 e. The summed E-state index contributed by atoms with van der Waals surface area (Å²) < 4.78 is 1.89. The molecular formula is C11H17N3O2. The van der Waals surface area contributed by atoms with Gasteiger partial charge in [0.1, 0.15) is 11.9 Å². The zero-order valence-electron chi connectivity index (χ0n) is 9.60. The molecule has 1 saturated carbocycles. The standard InChI is InChI=1S/C11H17N3O2/c1-7-5-14(8(2)12-7)6-10(11(15)16)13-9-3-4-9/h5,9-10,13H,3-4,6H2,1-2H3,(H,15,16). The number of aryl methyl sites for hydroxylation is 2. The topological polar surface area (TPSA) is 67.2 Å². The molecule has 0 bridgehead atoms. The van der Waals surface area contributed by atoms with Crippen LogP contribution in [0.2, 0.25) is 0 Å². The summed E-state index contributed by atoms with van der Waals surface area (Å²) in [4.78, 5) is 15.3. The van der Waals surface area contributed by atoms with Gasteiger partial charge >= 0.3 is 5.97 Å². The van der Waals surface area contributed by atoms with Crippen LogP contribution in [0.5, 0.6) is 0 Å². The minimum absolute atomic E-state index is 0.394. The van der Waals surface area contributed by atoms with Crippen molar-refractivity contribution >= 4 is 5.97 Å². The number of carboxylic acid groups (broad SMARTS) is 1. The normalized spacial score (nSPS) is 17.4. The molecule has 1 aromatic rings. The van der Waals surface area contributed by atoms with Gasteiger partial charge in [-0.15, -0.1) is 0 Å². The molecule has 1 heterocycles. The highest BCUT2D eigenvalue weighted by molar-refractivity contribution is 5.73. The first-order valence-electron chi connectivity index (χ1n) is 5.55. The summed E-state index contributed by atoms with van der Waals surface area (Å²) in [5, 5.41) is 12.2. The van der Waals surface area contributed by atoms with Crippen molar-refractivity contribution in [2.75, 3.05) is 0 Å². The highest BCUT2D eigenvalue weighted by atomic mass is 16.4. The van der Waals surface area contributed by atoms with Gasteiger partial charge in [-0.1, -0.05) is 0 Å². The number of nitrogens with one attached hydrogen (secondary N) is 1. The maximum atomic E-state index is 11.1. The van der Waals surface area contributed by atoms with E-state index in [2.05, 4.69) is 10.3 Å². The SMILES string of the molecule is Cc1cn(CC(NC2CC2)C(=O)O)c(C)n1. The van der Waals surface area contributed by atoms with Gasteiger partial charge in [-0.2, -0.15) is 0 Å². The zero-order valence-corrected chi connectivity index (χ0v) is 9.60. The minimum atomic E-state index is -0.794. The predicted molar refractivity (Wildman–Crippen MR) is 59.3 cm³/mol. The predicted octanol–water partition coefficient (Wildman–Crippen LogP) is 0.705. The van der Waals surface area contributed by atoms with Gasteiger partial charge in [0.25, 0.3) is 0 Å². The molecular weight excluding hydrogens is 206 g/mol. The number of hydrogen-bond donors (Lipinski definition) is 2. The summed E-state index contributed by atoms with van der Waals surface area (Å²) in [5.74, 6) is 0.0685. The molecule has 16 heavy (non-hydrogen) atoms. The van der Waals surface area contributed by atoms with Gasteiger partial charge < -0.3 is 15.0 Å². The third-order valence-electron chi connectivity index (χ3n) is 2.79. The van der Waals surface area contributed by atoms with E-state index in [-0.39, 0.29) is 0 Å². The fourth-order valence-corrected chi connectivity index (χ4v) is 1.79. The average Bonchev–Trinajstić information content (AvgIpc) is 2.93. The van der Waals surface area contributed by atoms with Crippen molar-refractivity contribution in [3.05, 3.63) is 17.7 Å². The Morgan fingerprint density at radius 2 is 2.38 bits per heavy atom. The van der Waals surface area contributed by atoms with Crippen LogP contribution in [0.1, 0.15) is 24.4 Å². The fraction of sp³-hybridized carbons (Fsp3) is 0.636. The Bertz CT molecular complexity index is 396. The Morgan fingerprint density at radius 1 is 1.69 bits per heavy atom. The van der Waals surface area contributed by atoms with Gasteiger partial charge in [0.05, 0.1) is 5.69 Å². The van der Waals surface area contributed by atoms with Crippen molar-refractivity contribution in [3.63, 3.8) is 0 Å². The lowest BCUT2D eigenvalue weighted by molar-refractivity contribution is -0.139. The lowest BCUT2D eigenvalue weighted by Crippen LogP contribution is -2.41. The van der Waals surface area contributed by atoms with E-state index in [9.17, 15) is 4.79 Å². The second-order valence-corrected chi connectivity index (χ2v) is 4.41. The van der Waals surface area contributed by atoms with E-state index in [4.69, 9.17) is 5.11 Å². The second-order valence-electron chi connectivity index (χ2n) is 4.41. The molecule has 0 spiro atoms. The number of carbonyl (C=O) groups is 1. The molecule has 1 unspecified atom stereocenters. The molecule has 5 heteroatoms. The molecule has 0 aromatic carbocycles. The third-order valence-corrected chi connectivity index (χ3v) is 2.79. The van der Waals surface area contributed by atoms with Gasteiger partial charge in [-0.3, -0.25) is 4.79 Å². The van der Waals surface area contributed by atoms with Crippen LogP contribution in [0, 0.1) is 13.8 Å². The van der Waals surface area contributed by atoms with Crippen molar-refractivity contribution in [1.29, 1.82) is 0 Å². The molecule has 1 fully saturated rings. The van der Waals surface area contributed by atoms with E-state index < -0.39 is 12.0 Å². The third kappa shape index (κ3) is 2.61. The molecule has 2 rings (SSSR count). The summed E-state index contributed by atoms with van der Waals surface area (Å²) in [6, 6.07) is -0.120. The number of aliphatic carboxylic acids is 1. The lowest BCUT2D eigenvalue weighted by Gasteiger charge is -2.15. The molecule has 88 valence electrons. The Balaban J connectivity index is 2.03. The molecule has 1 aliphatic carbocycles. The minimum Gasteiger partial charge on any atom is -0.480 e. The van der Waals surface area contributed by atoms with Gasteiger partial charge in [-0.25, -0.2) is 4.98 Å². The van der Waals surface area contributed by atoms with Crippen molar-refractivity contribution in [1.82, 2.24) is 14.9 Å². The average molecular weight is 223 g/mol. The number of aromatic nitrogens is 2. The van der Waals surface area contributed by atoms with E-state index >= 15 is 0 Å². The molecule has 5 nitrogen and oxygen atoms in total. The van der Waals surface area contributed by atoms with E-state index in [1.54, 1.807) is 0 Å². The summed E-state index contributed by atoms with van der Waals surface area (Å²) in [7, 11) is 0. The highest BCUT2D eigenvalue weighted by Crippen LogP contribution is 2.19. The summed E-state index contributed by atoms with van der Waals surface area (Å²) in [5.41, 5.74) is 0.924. The van der Waals surface area contributed by atoms with Gasteiger partial charge in [0.15, 0.2) is 0 Å². The molecule has 0 saturated heterocycles. The summed E-state index contributed by atoms with van der Waals surface area (Å²) in [6.45, 7) is 4.25. The van der Waals surface area contributed by atoms with Crippen LogP contribution in [0.4, 0.5) is 0 Å². The number of nitrogens with zero attached hydrogens (tertiary/aromatic N) is 2. The number of imidazole rings is 1. The van der Waals surface area contributed by atoms with Crippen LogP contribution in [0.3, 0.4) is 0 Å². The molecule has 1 atom stereocenters. The second kappa shape index (κ2) is 4.25. The van der Waals surface area contributed by atoms with Crippen LogP contribution >= 0.6 is 0 Å². The Hall–Kier alpha value is -1.36. The molecule has 0 amide bonds. The quantitative estimate of drug-likeness (QED) is 0.771. The van der Waals surface area contributed by atoms with Crippen molar-refractivity contribution in [3.8, 4) is 0 Å². The zero-order chi connectivity index (χ0) is 11.7. The smallest absolute Gasteiger partial charge is 0.322 e. The molecule has 1 aromatic heterocycles. The van der Waals surface area contributed by atoms with E-state index in [0.717, 1.165) is 24.4 Å². The van der Waals surface area contributed by atoms with Gasteiger partial charge in [0, 0.05) is 18.8 Å². The lowest BCUT2D eigenvalue weighted by atomic mass is 10.3. The monoisotopic (exact) mass is 223 g/mol. The van der Waals surface area contributed by atoms with Crippen LogP contribution in [-0.2, 0) is 11.3 Å². The van der Waals surface area contributed by atoms with Crippen LogP contribution < -0.4 is 5.32 Å². The maximum absolute atomic E-state index is 11.1. The molecule has 0 radical (unpaired) electrons. The molecule has 1 aliphatic rings. The molecule has 2 N–H and O–H groups in total. The number of carboxylic acids is 1. The molecule has 0 aliphatic heterocycles. The number of rotatable bonds is 5. The van der Waals surface area contributed by atoms with E-state index in [0.29, 0.717) is 12.6 Å². The van der Waals surface area contributed by atoms with Crippen LogP contribution in [0.25, 0.3) is 0 Å². The Morgan fingerprint density at radius 3 is 2.81 bits per heavy atom. The first-order chi connectivity index (χ1) is 7.56. The summed E-state index contributed by atoms with van der Waals surface area (Å²) >= 11 is 0. The van der Waals surface area contributed by atoms with Crippen LogP contribution in [0.15, 0.2) is 6.20 Å². The van der Waals surface area contributed by atoms with Crippen LogP contribution in [-0.4, -0.2) is 32.7 Å². The summed E-state index contributed by atoms with van der Waals surface area (Å²) in [6.07, 6.45) is 4.07. The fourth-order valence-electron chi connectivity index (χ4n) is 1.79.